The molecule has 2 aromatic rings. The summed E-state index contributed by atoms with van der Waals surface area (Å²) in [5.74, 6) is 1.66. The Kier molecular flexibility index (Phi) is 7.59. The van der Waals surface area contributed by atoms with Crippen LogP contribution < -0.4 is 10.1 Å². The van der Waals surface area contributed by atoms with Crippen LogP contribution in [0.15, 0.2) is 30.5 Å². The molecule has 1 aromatic heterocycles. The Morgan fingerprint density at radius 3 is 2.77 bits per heavy atom. The van der Waals surface area contributed by atoms with Crippen molar-refractivity contribution in [1.29, 1.82) is 0 Å². The molecule has 1 amide bonds. The Bertz CT molecular complexity index is 822. The maximum atomic E-state index is 12.1. The second-order valence-electron chi connectivity index (χ2n) is 8.70. The number of nitrogens with one attached hydrogen (secondary N) is 2. The van der Waals surface area contributed by atoms with Crippen LogP contribution in [0.1, 0.15) is 44.1 Å². The number of methoxy groups -OCH3 is 1. The van der Waals surface area contributed by atoms with Crippen LogP contribution in [-0.2, 0) is 16.1 Å². The van der Waals surface area contributed by atoms with Crippen LogP contribution >= 0.6 is 0 Å². The molecule has 2 aliphatic heterocycles. The first-order valence-electron chi connectivity index (χ1n) is 11.5. The summed E-state index contributed by atoms with van der Waals surface area (Å²) in [6.07, 6.45) is 8.23. The van der Waals surface area contributed by atoms with Gasteiger partial charge in [-0.1, -0.05) is 0 Å². The van der Waals surface area contributed by atoms with Crippen molar-refractivity contribution in [3.63, 3.8) is 0 Å². The number of amides is 1. The number of hydrogen-bond donors (Lipinski definition) is 2. The summed E-state index contributed by atoms with van der Waals surface area (Å²) in [6, 6.07) is 8.07. The summed E-state index contributed by atoms with van der Waals surface area (Å²) in [7, 11) is 1.68. The number of H-pyrrole nitrogens is 1. The molecule has 0 saturated carbocycles. The first kappa shape index (κ1) is 21.8. The normalized spacial score (nSPS) is 20.1. The minimum atomic E-state index is 0.167. The monoisotopic (exact) mass is 426 g/mol. The van der Waals surface area contributed by atoms with E-state index >= 15 is 0 Å². The zero-order valence-electron chi connectivity index (χ0n) is 18.4. The number of benzene rings is 1. The molecule has 2 N–H and O–H groups in total. The number of piperidine rings is 1. The minimum Gasteiger partial charge on any atom is -0.497 e. The molecule has 0 radical (unpaired) electrons. The Balaban J connectivity index is 1.19. The Labute approximate surface area is 184 Å². The van der Waals surface area contributed by atoms with E-state index in [-0.39, 0.29) is 12.0 Å². The second kappa shape index (κ2) is 10.8. The van der Waals surface area contributed by atoms with E-state index in [4.69, 9.17) is 9.47 Å². The fourth-order valence-corrected chi connectivity index (χ4v) is 4.57. The lowest BCUT2D eigenvalue weighted by atomic mass is 9.91. The van der Waals surface area contributed by atoms with Crippen molar-refractivity contribution in [3.8, 4) is 17.0 Å². The summed E-state index contributed by atoms with van der Waals surface area (Å²) in [5, 5.41) is 10.5. The van der Waals surface area contributed by atoms with Crippen LogP contribution in [-0.4, -0.2) is 60.5 Å². The largest absolute Gasteiger partial charge is 0.497 e. The molecule has 0 bridgehead atoms. The number of aromatic amines is 1. The molecule has 0 aliphatic carbocycles. The van der Waals surface area contributed by atoms with E-state index in [2.05, 4.69) is 32.5 Å². The predicted octanol–water partition coefficient (Wildman–Crippen LogP) is 3.37. The lowest BCUT2D eigenvalue weighted by Gasteiger charge is -2.31. The van der Waals surface area contributed by atoms with Gasteiger partial charge in [0.1, 0.15) is 5.75 Å². The van der Waals surface area contributed by atoms with Crippen molar-refractivity contribution in [1.82, 2.24) is 20.4 Å². The molecule has 0 spiro atoms. The third-order valence-corrected chi connectivity index (χ3v) is 6.53. The van der Waals surface area contributed by atoms with Gasteiger partial charge in [0.25, 0.3) is 0 Å². The summed E-state index contributed by atoms with van der Waals surface area (Å²) in [5.41, 5.74) is 3.42. The maximum absolute atomic E-state index is 12.1. The van der Waals surface area contributed by atoms with E-state index in [1.807, 2.05) is 18.3 Å². The van der Waals surface area contributed by atoms with Crippen molar-refractivity contribution in [3.05, 3.63) is 36.0 Å². The van der Waals surface area contributed by atoms with E-state index < -0.39 is 0 Å². The molecular formula is C24H34N4O3. The molecule has 1 aromatic carbocycles. The van der Waals surface area contributed by atoms with Gasteiger partial charge in [-0.05, 0) is 75.4 Å². The van der Waals surface area contributed by atoms with E-state index in [1.165, 1.54) is 5.56 Å². The van der Waals surface area contributed by atoms with Crippen LogP contribution in [0.4, 0.5) is 0 Å². The minimum absolute atomic E-state index is 0.167. The molecule has 2 fully saturated rings. The second-order valence-corrected chi connectivity index (χ2v) is 8.70. The fraction of sp³-hybridized carbons (Fsp3) is 0.583. The molecule has 7 heteroatoms. The number of ether oxygens (including phenoxy) is 2. The van der Waals surface area contributed by atoms with Gasteiger partial charge in [0.05, 0.1) is 25.1 Å². The van der Waals surface area contributed by atoms with E-state index in [9.17, 15) is 4.79 Å². The Morgan fingerprint density at radius 2 is 2.06 bits per heavy atom. The van der Waals surface area contributed by atoms with Gasteiger partial charge in [-0.3, -0.25) is 14.8 Å². The van der Waals surface area contributed by atoms with Gasteiger partial charge in [0, 0.05) is 37.2 Å². The van der Waals surface area contributed by atoms with Crippen molar-refractivity contribution in [2.75, 3.05) is 33.4 Å². The lowest BCUT2D eigenvalue weighted by molar-refractivity contribution is -0.122. The number of aromatic nitrogens is 2. The fourth-order valence-electron chi connectivity index (χ4n) is 4.57. The first-order chi connectivity index (χ1) is 15.2. The first-order valence-corrected chi connectivity index (χ1v) is 11.5. The molecule has 31 heavy (non-hydrogen) atoms. The third kappa shape index (κ3) is 6.08. The van der Waals surface area contributed by atoms with Crippen LogP contribution in [0.5, 0.6) is 5.75 Å². The SMILES string of the molecule is COc1ccc(-c2[nH]ncc2CN2CCC(CCC(=O)NCC3CCCO3)CC2)cc1. The van der Waals surface area contributed by atoms with Gasteiger partial charge in [-0.25, -0.2) is 0 Å². The van der Waals surface area contributed by atoms with E-state index in [0.717, 1.165) is 75.4 Å². The smallest absolute Gasteiger partial charge is 0.220 e. The van der Waals surface area contributed by atoms with Gasteiger partial charge in [-0.15, -0.1) is 0 Å². The molecule has 7 nitrogen and oxygen atoms in total. The summed E-state index contributed by atoms with van der Waals surface area (Å²) in [4.78, 5) is 14.6. The molecule has 2 aliphatic rings. The van der Waals surface area contributed by atoms with Crippen LogP contribution in [0.2, 0.25) is 0 Å². The quantitative estimate of drug-likeness (QED) is 0.643. The summed E-state index contributed by atoms with van der Waals surface area (Å²) < 4.78 is 10.8. The van der Waals surface area contributed by atoms with Crippen LogP contribution in [0.25, 0.3) is 11.3 Å². The zero-order valence-corrected chi connectivity index (χ0v) is 18.4. The zero-order chi connectivity index (χ0) is 21.5. The van der Waals surface area contributed by atoms with Gasteiger partial charge in [-0.2, -0.15) is 5.10 Å². The number of nitrogens with zero attached hydrogens (tertiary/aromatic N) is 2. The van der Waals surface area contributed by atoms with Crippen molar-refractivity contribution < 1.29 is 14.3 Å². The third-order valence-electron chi connectivity index (χ3n) is 6.53. The summed E-state index contributed by atoms with van der Waals surface area (Å²) >= 11 is 0. The number of rotatable bonds is 9. The number of carbonyl (C=O) groups excluding carboxylic acids is 1. The molecule has 4 rings (SSSR count). The predicted molar refractivity (Wildman–Crippen MR) is 120 cm³/mol. The van der Waals surface area contributed by atoms with Gasteiger partial charge in [0.15, 0.2) is 0 Å². The molecule has 3 heterocycles. The standard InChI is InChI=1S/C24H34N4O3/c1-30-21-7-5-19(6-8-21)24-20(15-26-27-24)17-28-12-10-18(11-13-28)4-9-23(29)25-16-22-3-2-14-31-22/h5-8,15,18,22H,2-4,9-14,16-17H2,1H3,(H,25,29)(H,26,27). The summed E-state index contributed by atoms with van der Waals surface area (Å²) in [6.45, 7) is 4.52. The Morgan fingerprint density at radius 1 is 1.26 bits per heavy atom. The van der Waals surface area contributed by atoms with Gasteiger partial charge in [0.2, 0.25) is 5.91 Å². The number of carbonyl (C=O) groups is 1. The molecular weight excluding hydrogens is 392 g/mol. The molecule has 168 valence electrons. The van der Waals surface area contributed by atoms with Crippen molar-refractivity contribution in [2.45, 2.75) is 51.2 Å². The van der Waals surface area contributed by atoms with E-state index in [1.54, 1.807) is 7.11 Å². The van der Waals surface area contributed by atoms with E-state index in [0.29, 0.717) is 18.9 Å². The van der Waals surface area contributed by atoms with Gasteiger partial charge >= 0.3 is 0 Å². The molecule has 1 unspecified atom stereocenters. The molecule has 1 atom stereocenters. The highest BCUT2D eigenvalue weighted by atomic mass is 16.5. The maximum Gasteiger partial charge on any atom is 0.220 e. The topological polar surface area (TPSA) is 79.5 Å². The van der Waals surface area contributed by atoms with Crippen LogP contribution in [0, 0.1) is 5.92 Å². The Hall–Kier alpha value is -2.38. The lowest BCUT2D eigenvalue weighted by Crippen LogP contribution is -2.34. The number of hydrogen-bond acceptors (Lipinski definition) is 5. The molecule has 2 saturated heterocycles. The highest BCUT2D eigenvalue weighted by molar-refractivity contribution is 5.75. The van der Waals surface area contributed by atoms with Crippen molar-refractivity contribution in [2.24, 2.45) is 5.92 Å². The average molecular weight is 427 g/mol. The average Bonchev–Trinajstić information content (AvgIpc) is 3.49. The van der Waals surface area contributed by atoms with Crippen molar-refractivity contribution >= 4 is 5.91 Å². The highest BCUT2D eigenvalue weighted by Crippen LogP contribution is 2.27. The van der Waals surface area contributed by atoms with Gasteiger partial charge < -0.3 is 14.8 Å². The number of likely N-dealkylation sites (tertiary alicyclic amines) is 1. The van der Waals surface area contributed by atoms with Crippen LogP contribution in [0.3, 0.4) is 0 Å². The highest BCUT2D eigenvalue weighted by Gasteiger charge is 2.22.